The zero-order valence-corrected chi connectivity index (χ0v) is 18.0. The topological polar surface area (TPSA) is 133 Å². The molecule has 0 aromatic heterocycles. The summed E-state index contributed by atoms with van der Waals surface area (Å²) in [5, 5.41) is 11.4. The molecule has 9 nitrogen and oxygen atoms in total. The normalized spacial score (nSPS) is 13.8. The number of carbonyl (C=O) groups is 5. The van der Waals surface area contributed by atoms with E-state index in [4.69, 9.17) is 0 Å². The maximum Gasteiger partial charge on any atom is 0.242 e. The summed E-state index contributed by atoms with van der Waals surface area (Å²) in [6, 6.07) is -1.84. The molecule has 0 aliphatic carbocycles. The molecule has 0 fully saturated rings. The van der Waals surface area contributed by atoms with Gasteiger partial charge in [-0.2, -0.15) is 0 Å². The Kier molecular flexibility index (Phi) is 14.6. The van der Waals surface area contributed by atoms with Crippen molar-refractivity contribution in [1.29, 1.82) is 0 Å². The molecule has 0 heterocycles. The lowest BCUT2D eigenvalue weighted by atomic mass is 10.0. The van der Waals surface area contributed by atoms with E-state index in [9.17, 15) is 24.0 Å². The summed E-state index contributed by atoms with van der Waals surface area (Å²) in [4.78, 5) is 58.8. The van der Waals surface area contributed by atoms with Crippen LogP contribution in [0, 0.1) is 0 Å². The molecule has 4 N–H and O–H groups in total. The van der Waals surface area contributed by atoms with Gasteiger partial charge in [-0.25, -0.2) is 0 Å². The van der Waals surface area contributed by atoms with Crippen molar-refractivity contribution in [3.63, 3.8) is 0 Å². The molecule has 0 saturated heterocycles. The molecule has 0 rings (SSSR count). The van der Waals surface area contributed by atoms with E-state index in [1.807, 2.05) is 7.05 Å². The van der Waals surface area contributed by atoms with Gasteiger partial charge in [0.2, 0.25) is 11.8 Å². The fourth-order valence-corrected chi connectivity index (χ4v) is 2.83. The van der Waals surface area contributed by atoms with Gasteiger partial charge in [-0.3, -0.25) is 9.59 Å². The fourth-order valence-electron chi connectivity index (χ4n) is 2.83. The Balaban J connectivity index is 5.08. The molecular weight excluding hydrogens is 376 g/mol. The Morgan fingerprint density at radius 1 is 0.828 bits per heavy atom. The van der Waals surface area contributed by atoms with Crippen molar-refractivity contribution in [1.82, 2.24) is 21.3 Å². The second-order valence-electron chi connectivity index (χ2n) is 7.24. The van der Waals surface area contributed by atoms with Crippen molar-refractivity contribution < 1.29 is 24.0 Å². The minimum atomic E-state index is -0.891. The summed E-state index contributed by atoms with van der Waals surface area (Å²) in [5.74, 6) is -0.934. The first-order valence-electron chi connectivity index (χ1n) is 10.1. The third-order valence-electron chi connectivity index (χ3n) is 4.57. The molecule has 3 atom stereocenters. The number of likely N-dealkylation sites (N-methyl/N-ethyl adjacent to an activating group) is 1. The number of carbonyl (C=O) groups excluding carboxylic acids is 5. The molecule has 3 unspecified atom stereocenters. The van der Waals surface area contributed by atoms with E-state index < -0.39 is 23.9 Å². The highest BCUT2D eigenvalue weighted by atomic mass is 16.2. The maximum absolute atomic E-state index is 12.7. The second kappa shape index (κ2) is 15.8. The van der Waals surface area contributed by atoms with E-state index in [1.165, 1.54) is 13.8 Å². The van der Waals surface area contributed by atoms with Crippen LogP contribution in [0.2, 0.25) is 0 Å². The SMILES string of the molecule is CNCCCC(CC=O)NC(=O)C(CCC(C)=O)NC(=O)C(CCC(C)=O)NC. The van der Waals surface area contributed by atoms with Gasteiger partial charge in [-0.15, -0.1) is 0 Å². The summed E-state index contributed by atoms with van der Waals surface area (Å²) < 4.78 is 0. The molecule has 0 spiro atoms. The number of ketones is 2. The van der Waals surface area contributed by atoms with Crippen molar-refractivity contribution in [3.05, 3.63) is 0 Å². The van der Waals surface area contributed by atoms with Crippen molar-refractivity contribution >= 4 is 29.7 Å². The van der Waals surface area contributed by atoms with Gasteiger partial charge in [0.05, 0.1) is 6.04 Å². The van der Waals surface area contributed by atoms with E-state index in [1.54, 1.807) is 7.05 Å². The maximum atomic E-state index is 12.7. The molecule has 0 aliphatic rings. The van der Waals surface area contributed by atoms with Crippen LogP contribution in [-0.2, 0) is 24.0 Å². The lowest BCUT2D eigenvalue weighted by molar-refractivity contribution is -0.131. The fraction of sp³-hybridized carbons (Fsp3) is 0.750. The van der Waals surface area contributed by atoms with Gasteiger partial charge in [0.15, 0.2) is 0 Å². The molecule has 166 valence electrons. The number of hydrogen-bond acceptors (Lipinski definition) is 7. The Morgan fingerprint density at radius 2 is 1.38 bits per heavy atom. The quantitative estimate of drug-likeness (QED) is 0.193. The summed E-state index contributed by atoms with van der Waals surface area (Å²) in [7, 11) is 3.43. The minimum Gasteiger partial charge on any atom is -0.351 e. The number of hydrogen-bond donors (Lipinski definition) is 4. The molecule has 0 aromatic carbocycles. The van der Waals surface area contributed by atoms with E-state index >= 15 is 0 Å². The Hall–Kier alpha value is -2.13. The molecule has 9 heteroatoms. The lowest BCUT2D eigenvalue weighted by Crippen LogP contribution is -2.54. The Morgan fingerprint density at radius 3 is 1.86 bits per heavy atom. The van der Waals surface area contributed by atoms with Crippen molar-refractivity contribution in [3.8, 4) is 0 Å². The van der Waals surface area contributed by atoms with Crippen molar-refractivity contribution in [2.75, 3.05) is 20.6 Å². The van der Waals surface area contributed by atoms with Crippen LogP contribution in [-0.4, -0.2) is 68.4 Å². The highest BCUT2D eigenvalue weighted by Gasteiger charge is 2.26. The summed E-state index contributed by atoms with van der Waals surface area (Å²) in [6.45, 7) is 3.64. The summed E-state index contributed by atoms with van der Waals surface area (Å²) >= 11 is 0. The predicted octanol–water partition coefficient (Wildman–Crippen LogP) is -0.129. The van der Waals surface area contributed by atoms with E-state index in [2.05, 4.69) is 21.3 Å². The molecular formula is C20H36N4O5. The van der Waals surface area contributed by atoms with Gasteiger partial charge >= 0.3 is 0 Å². The van der Waals surface area contributed by atoms with E-state index in [-0.39, 0.29) is 43.3 Å². The van der Waals surface area contributed by atoms with E-state index in [0.29, 0.717) is 12.8 Å². The summed E-state index contributed by atoms with van der Waals surface area (Å²) in [5.41, 5.74) is 0. The number of nitrogens with one attached hydrogen (secondary N) is 4. The zero-order valence-electron chi connectivity index (χ0n) is 18.0. The third-order valence-corrected chi connectivity index (χ3v) is 4.57. The molecule has 0 aromatic rings. The smallest absolute Gasteiger partial charge is 0.242 e. The van der Waals surface area contributed by atoms with Crippen LogP contribution in [0.25, 0.3) is 0 Å². The van der Waals surface area contributed by atoms with Crippen LogP contribution in [0.15, 0.2) is 0 Å². The molecule has 0 bridgehead atoms. The van der Waals surface area contributed by atoms with Crippen LogP contribution >= 0.6 is 0 Å². The molecule has 2 amide bonds. The van der Waals surface area contributed by atoms with Gasteiger partial charge in [0.1, 0.15) is 23.9 Å². The second-order valence-corrected chi connectivity index (χ2v) is 7.24. The van der Waals surface area contributed by atoms with Gasteiger partial charge in [-0.05, 0) is 60.2 Å². The van der Waals surface area contributed by atoms with Gasteiger partial charge < -0.3 is 35.7 Å². The highest BCUT2D eigenvalue weighted by Crippen LogP contribution is 2.06. The van der Waals surface area contributed by atoms with Gasteiger partial charge in [0.25, 0.3) is 0 Å². The molecule has 0 saturated carbocycles. The predicted molar refractivity (Wildman–Crippen MR) is 110 cm³/mol. The van der Waals surface area contributed by atoms with Crippen LogP contribution in [0.5, 0.6) is 0 Å². The Bertz CT molecular complexity index is 553. The molecule has 29 heavy (non-hydrogen) atoms. The lowest BCUT2D eigenvalue weighted by Gasteiger charge is -2.24. The van der Waals surface area contributed by atoms with Crippen LogP contribution in [0.4, 0.5) is 0 Å². The number of rotatable bonds is 17. The average Bonchev–Trinajstić information content (AvgIpc) is 2.65. The van der Waals surface area contributed by atoms with Crippen LogP contribution in [0.3, 0.4) is 0 Å². The van der Waals surface area contributed by atoms with Crippen LogP contribution in [0.1, 0.15) is 58.8 Å². The standard InChI is InChI=1S/C20H36N4O5/c1-14(26)7-9-17(22-4)19(28)24-18(10-8-15(2)27)20(29)23-16(11-13-25)6-5-12-21-3/h13,16-18,21-22H,5-12H2,1-4H3,(H,23,29)(H,24,28). The van der Waals surface area contributed by atoms with Crippen molar-refractivity contribution in [2.45, 2.75) is 76.9 Å². The summed E-state index contributed by atoms with van der Waals surface area (Å²) in [6.07, 6.45) is 3.22. The van der Waals surface area contributed by atoms with E-state index in [0.717, 1.165) is 19.3 Å². The third kappa shape index (κ3) is 12.8. The monoisotopic (exact) mass is 412 g/mol. The largest absolute Gasteiger partial charge is 0.351 e. The first kappa shape index (κ1) is 26.9. The van der Waals surface area contributed by atoms with Gasteiger partial charge in [0, 0.05) is 25.3 Å². The molecule has 0 aliphatic heterocycles. The molecule has 0 radical (unpaired) electrons. The van der Waals surface area contributed by atoms with Gasteiger partial charge in [-0.1, -0.05) is 0 Å². The Labute approximate surface area is 173 Å². The minimum absolute atomic E-state index is 0.0257. The first-order valence-corrected chi connectivity index (χ1v) is 10.1. The number of amides is 2. The number of aldehydes is 1. The highest BCUT2D eigenvalue weighted by molar-refractivity contribution is 5.90. The average molecular weight is 413 g/mol. The zero-order chi connectivity index (χ0) is 22.2. The van der Waals surface area contributed by atoms with Crippen molar-refractivity contribution in [2.24, 2.45) is 0 Å². The number of Topliss-reactive ketones (excluding diaryl/α,β-unsaturated/α-hetero) is 2. The van der Waals surface area contributed by atoms with Crippen LogP contribution < -0.4 is 21.3 Å². The first-order chi connectivity index (χ1) is 13.7.